The lowest BCUT2D eigenvalue weighted by Crippen LogP contribution is -2.28. The second-order valence-electron chi connectivity index (χ2n) is 6.32. The fraction of sp³-hybridized carbons (Fsp3) is 0.421. The fourth-order valence-electron chi connectivity index (χ4n) is 3.03. The zero-order valence-corrected chi connectivity index (χ0v) is 14.7. The van der Waals surface area contributed by atoms with Crippen molar-refractivity contribution in [2.24, 2.45) is 0 Å². The summed E-state index contributed by atoms with van der Waals surface area (Å²) in [4.78, 5) is 20.5. The lowest BCUT2D eigenvalue weighted by Gasteiger charge is -2.23. The quantitative estimate of drug-likeness (QED) is 0.787. The molecule has 6 heteroatoms. The Morgan fingerprint density at radius 3 is 2.84 bits per heavy atom. The van der Waals surface area contributed by atoms with E-state index in [-0.39, 0.29) is 0 Å². The van der Waals surface area contributed by atoms with Gasteiger partial charge < -0.3 is 15.4 Å². The van der Waals surface area contributed by atoms with Crippen molar-refractivity contribution in [2.75, 3.05) is 25.6 Å². The molecule has 1 aliphatic rings. The molecular weight excluding hydrogens is 316 g/mol. The summed E-state index contributed by atoms with van der Waals surface area (Å²) in [6.45, 7) is 4.18. The molecule has 0 amide bonds. The molecule has 2 heterocycles. The topological polar surface area (TPSA) is 76.1 Å². The van der Waals surface area contributed by atoms with Crippen LogP contribution in [0.5, 0.6) is 0 Å². The van der Waals surface area contributed by atoms with Gasteiger partial charge in [0.2, 0.25) is 5.95 Å². The van der Waals surface area contributed by atoms with Crippen molar-refractivity contribution in [3.63, 3.8) is 0 Å². The number of aromatic nitrogens is 2. The van der Waals surface area contributed by atoms with Crippen molar-refractivity contribution in [1.82, 2.24) is 15.3 Å². The number of aldehydes is 1. The van der Waals surface area contributed by atoms with Gasteiger partial charge >= 0.3 is 0 Å². The molecule has 132 valence electrons. The van der Waals surface area contributed by atoms with Crippen molar-refractivity contribution in [3.05, 3.63) is 41.1 Å². The van der Waals surface area contributed by atoms with Crippen LogP contribution >= 0.6 is 0 Å². The fourth-order valence-corrected chi connectivity index (χ4v) is 3.03. The molecule has 2 aromatic rings. The summed E-state index contributed by atoms with van der Waals surface area (Å²) < 4.78 is 5.39. The summed E-state index contributed by atoms with van der Waals surface area (Å²) >= 11 is 0. The highest BCUT2D eigenvalue weighted by Crippen LogP contribution is 2.25. The van der Waals surface area contributed by atoms with Crippen LogP contribution in [0.25, 0.3) is 11.3 Å². The Hall–Kier alpha value is -2.31. The number of nitrogens with zero attached hydrogens (tertiary/aromatic N) is 2. The maximum absolute atomic E-state index is 11.4. The standard InChI is InChI=1S/C19H24N4O2/c1-13-10-21-19(22-17-5-7-25-8-6-17)23-18(13)14-3-4-15(11-20-2)16(9-14)12-24/h3-4,9-10,12,17,20H,5-8,11H2,1-2H3,(H,21,22,23). The molecule has 0 atom stereocenters. The van der Waals surface area contributed by atoms with Crippen molar-refractivity contribution >= 4 is 12.2 Å². The first-order valence-electron chi connectivity index (χ1n) is 8.62. The number of rotatable bonds is 6. The van der Waals surface area contributed by atoms with E-state index in [4.69, 9.17) is 9.72 Å². The number of nitrogens with one attached hydrogen (secondary N) is 2. The van der Waals surface area contributed by atoms with E-state index in [0.29, 0.717) is 24.1 Å². The van der Waals surface area contributed by atoms with Gasteiger partial charge in [-0.15, -0.1) is 0 Å². The molecule has 1 aromatic heterocycles. The van der Waals surface area contributed by atoms with Crippen LogP contribution in [0.3, 0.4) is 0 Å². The van der Waals surface area contributed by atoms with E-state index < -0.39 is 0 Å². The summed E-state index contributed by atoms with van der Waals surface area (Å²) in [5.74, 6) is 0.624. The molecule has 6 nitrogen and oxygen atoms in total. The van der Waals surface area contributed by atoms with Crippen LogP contribution in [0, 0.1) is 6.92 Å². The van der Waals surface area contributed by atoms with Crippen LogP contribution in [0.4, 0.5) is 5.95 Å². The normalized spacial score (nSPS) is 15.1. The first-order chi connectivity index (χ1) is 12.2. The van der Waals surface area contributed by atoms with E-state index in [1.54, 1.807) is 0 Å². The number of ether oxygens (including phenoxy) is 1. The van der Waals surface area contributed by atoms with E-state index in [9.17, 15) is 4.79 Å². The number of aryl methyl sites for hydroxylation is 1. The Labute approximate surface area is 148 Å². The van der Waals surface area contributed by atoms with Crippen LogP contribution in [0.1, 0.15) is 34.3 Å². The smallest absolute Gasteiger partial charge is 0.223 e. The van der Waals surface area contributed by atoms with Gasteiger partial charge in [0, 0.05) is 43.1 Å². The summed E-state index contributed by atoms with van der Waals surface area (Å²) in [6.07, 6.45) is 4.64. The maximum Gasteiger partial charge on any atom is 0.223 e. The van der Waals surface area contributed by atoms with E-state index in [0.717, 1.165) is 54.7 Å². The zero-order valence-electron chi connectivity index (χ0n) is 14.7. The number of carbonyl (C=O) groups is 1. The molecule has 0 unspecified atom stereocenters. The molecule has 25 heavy (non-hydrogen) atoms. The Morgan fingerprint density at radius 2 is 2.12 bits per heavy atom. The van der Waals surface area contributed by atoms with Gasteiger partial charge in [0.15, 0.2) is 0 Å². The highest BCUT2D eigenvalue weighted by Gasteiger charge is 2.16. The van der Waals surface area contributed by atoms with Gasteiger partial charge in [0.1, 0.15) is 6.29 Å². The van der Waals surface area contributed by atoms with Crippen molar-refractivity contribution in [3.8, 4) is 11.3 Å². The summed E-state index contributed by atoms with van der Waals surface area (Å²) in [5.41, 5.74) is 4.42. The van der Waals surface area contributed by atoms with Gasteiger partial charge in [-0.2, -0.15) is 0 Å². The molecule has 0 bridgehead atoms. The van der Waals surface area contributed by atoms with E-state index in [1.807, 2.05) is 38.4 Å². The lowest BCUT2D eigenvalue weighted by molar-refractivity contribution is 0.0903. The number of benzene rings is 1. The Kier molecular flexibility index (Phi) is 5.73. The number of carbonyl (C=O) groups excluding carboxylic acids is 1. The second kappa shape index (κ2) is 8.18. The molecule has 3 rings (SSSR count). The highest BCUT2D eigenvalue weighted by molar-refractivity contribution is 5.81. The van der Waals surface area contributed by atoms with Crippen LogP contribution in [0.2, 0.25) is 0 Å². The van der Waals surface area contributed by atoms with E-state index >= 15 is 0 Å². The molecule has 1 fully saturated rings. The predicted molar refractivity (Wildman–Crippen MR) is 97.8 cm³/mol. The van der Waals surface area contributed by atoms with Gasteiger partial charge in [-0.25, -0.2) is 9.97 Å². The molecule has 0 saturated carbocycles. The molecule has 0 aliphatic carbocycles. The first-order valence-corrected chi connectivity index (χ1v) is 8.62. The van der Waals surface area contributed by atoms with Gasteiger partial charge in [-0.3, -0.25) is 4.79 Å². The van der Waals surface area contributed by atoms with Gasteiger partial charge in [-0.1, -0.05) is 12.1 Å². The predicted octanol–water partition coefficient (Wildman–Crippen LogP) is 2.57. The highest BCUT2D eigenvalue weighted by atomic mass is 16.5. The zero-order chi connectivity index (χ0) is 17.6. The minimum absolute atomic E-state index is 0.341. The van der Waals surface area contributed by atoms with Gasteiger partial charge in [-0.05, 0) is 44.0 Å². The minimum Gasteiger partial charge on any atom is -0.381 e. The summed E-state index contributed by atoms with van der Waals surface area (Å²) in [5, 5.41) is 6.48. The SMILES string of the molecule is CNCc1ccc(-c2nc(NC3CCOCC3)ncc2C)cc1C=O. The van der Waals surface area contributed by atoms with Crippen LogP contribution in [-0.4, -0.2) is 42.6 Å². The Balaban J connectivity index is 1.88. The minimum atomic E-state index is 0.341. The van der Waals surface area contributed by atoms with E-state index in [2.05, 4.69) is 15.6 Å². The summed E-state index contributed by atoms with van der Waals surface area (Å²) in [7, 11) is 1.87. The first kappa shape index (κ1) is 17.5. The number of anilines is 1. The Bertz CT molecular complexity index is 742. The third kappa shape index (κ3) is 4.21. The molecule has 0 radical (unpaired) electrons. The van der Waals surface area contributed by atoms with Crippen molar-refractivity contribution in [2.45, 2.75) is 32.4 Å². The molecular formula is C19H24N4O2. The van der Waals surface area contributed by atoms with Crippen molar-refractivity contribution < 1.29 is 9.53 Å². The third-order valence-electron chi connectivity index (χ3n) is 4.44. The molecule has 1 saturated heterocycles. The number of hydrogen-bond donors (Lipinski definition) is 2. The lowest BCUT2D eigenvalue weighted by atomic mass is 10.0. The molecule has 0 spiro atoms. The monoisotopic (exact) mass is 340 g/mol. The van der Waals surface area contributed by atoms with Crippen LogP contribution in [0.15, 0.2) is 24.4 Å². The number of hydrogen-bond acceptors (Lipinski definition) is 6. The van der Waals surface area contributed by atoms with Gasteiger partial charge in [0.25, 0.3) is 0 Å². The molecule has 1 aliphatic heterocycles. The van der Waals surface area contributed by atoms with Crippen LogP contribution < -0.4 is 10.6 Å². The largest absolute Gasteiger partial charge is 0.381 e. The Morgan fingerprint density at radius 1 is 1.32 bits per heavy atom. The maximum atomic E-state index is 11.4. The second-order valence-corrected chi connectivity index (χ2v) is 6.32. The average molecular weight is 340 g/mol. The summed E-state index contributed by atoms with van der Waals surface area (Å²) in [6, 6.07) is 6.22. The van der Waals surface area contributed by atoms with Crippen LogP contribution in [-0.2, 0) is 11.3 Å². The van der Waals surface area contributed by atoms with Gasteiger partial charge in [0.05, 0.1) is 5.69 Å². The van der Waals surface area contributed by atoms with E-state index in [1.165, 1.54) is 0 Å². The molecule has 1 aromatic carbocycles. The third-order valence-corrected chi connectivity index (χ3v) is 4.44. The molecule has 2 N–H and O–H groups in total. The van der Waals surface area contributed by atoms with Crippen molar-refractivity contribution in [1.29, 1.82) is 0 Å². The average Bonchev–Trinajstić information content (AvgIpc) is 2.65.